The summed E-state index contributed by atoms with van der Waals surface area (Å²) in [6.07, 6.45) is 0.245. The Kier molecular flexibility index (Phi) is 4.16. The Bertz CT molecular complexity index is 767. The van der Waals surface area contributed by atoms with Crippen molar-refractivity contribution in [1.82, 2.24) is 10.2 Å². The van der Waals surface area contributed by atoms with Crippen molar-refractivity contribution < 1.29 is 23.9 Å². The fourth-order valence-corrected chi connectivity index (χ4v) is 4.20. The molecule has 0 aliphatic carbocycles. The molecule has 3 aliphatic heterocycles. The van der Waals surface area contributed by atoms with Crippen LogP contribution in [-0.2, 0) is 25.5 Å². The van der Waals surface area contributed by atoms with Gasteiger partial charge in [-0.3, -0.25) is 19.8 Å². The van der Waals surface area contributed by atoms with Crippen molar-refractivity contribution in [3.63, 3.8) is 0 Å². The number of urea groups is 1. The number of hydrogen-bond acceptors (Lipinski definition) is 6. The molecule has 0 aromatic heterocycles. The third kappa shape index (κ3) is 2.33. The Morgan fingerprint density at radius 2 is 2.12 bits per heavy atom. The first-order chi connectivity index (χ1) is 12.6. The highest BCUT2D eigenvalue weighted by molar-refractivity contribution is 6.20. The van der Waals surface area contributed by atoms with Gasteiger partial charge in [-0.1, -0.05) is 18.2 Å². The van der Waals surface area contributed by atoms with E-state index >= 15 is 0 Å². The zero-order valence-electron chi connectivity index (χ0n) is 14.6. The van der Waals surface area contributed by atoms with E-state index in [1.54, 1.807) is 0 Å². The van der Waals surface area contributed by atoms with E-state index in [1.807, 2.05) is 24.3 Å². The lowest BCUT2D eigenvalue weighted by molar-refractivity contribution is -0.156. The predicted octanol–water partition coefficient (Wildman–Crippen LogP) is 0.159. The van der Waals surface area contributed by atoms with Gasteiger partial charge in [0.15, 0.2) is 5.41 Å². The molecule has 8 nitrogen and oxygen atoms in total. The number of carbonyl (C=O) groups excluding carboxylic acids is 3. The monoisotopic (exact) mass is 359 g/mol. The minimum absolute atomic E-state index is 0.103. The molecule has 1 N–H and O–H groups in total. The van der Waals surface area contributed by atoms with Crippen LogP contribution in [0, 0.1) is 5.41 Å². The van der Waals surface area contributed by atoms with Crippen molar-refractivity contribution in [1.29, 1.82) is 0 Å². The SMILES string of the molecule is COCCN1C(=O)NC(=O)[C@@]2(Cc3ccccc3N3CCOC[C@H]32)C1=O. The number of hydrogen-bond donors (Lipinski definition) is 1. The van der Waals surface area contributed by atoms with Crippen molar-refractivity contribution in [2.75, 3.05) is 44.9 Å². The number of nitrogens with one attached hydrogen (secondary N) is 1. The molecule has 2 saturated heterocycles. The van der Waals surface area contributed by atoms with Crippen LogP contribution < -0.4 is 10.2 Å². The molecule has 0 radical (unpaired) electrons. The van der Waals surface area contributed by atoms with E-state index in [0.29, 0.717) is 13.2 Å². The molecule has 0 bridgehead atoms. The van der Waals surface area contributed by atoms with E-state index in [2.05, 4.69) is 10.2 Å². The number of anilines is 1. The highest BCUT2D eigenvalue weighted by Gasteiger charge is 2.62. The Labute approximate surface area is 151 Å². The van der Waals surface area contributed by atoms with Crippen molar-refractivity contribution in [3.8, 4) is 0 Å². The summed E-state index contributed by atoms with van der Waals surface area (Å²) in [6.45, 7) is 1.70. The highest BCUT2D eigenvalue weighted by atomic mass is 16.5. The predicted molar refractivity (Wildman–Crippen MR) is 91.7 cm³/mol. The second-order valence-corrected chi connectivity index (χ2v) is 6.77. The normalized spacial score (nSPS) is 28.0. The zero-order valence-corrected chi connectivity index (χ0v) is 14.6. The summed E-state index contributed by atoms with van der Waals surface area (Å²) >= 11 is 0. The molecule has 1 aromatic rings. The van der Waals surface area contributed by atoms with Crippen molar-refractivity contribution in [2.45, 2.75) is 12.5 Å². The molecule has 3 aliphatic rings. The van der Waals surface area contributed by atoms with Gasteiger partial charge in [-0.2, -0.15) is 0 Å². The lowest BCUT2D eigenvalue weighted by Crippen LogP contribution is -2.74. The number of barbiturate groups is 1. The van der Waals surface area contributed by atoms with E-state index in [0.717, 1.165) is 16.2 Å². The molecule has 8 heteroatoms. The molecule has 2 fully saturated rings. The maximum Gasteiger partial charge on any atom is 0.330 e. The van der Waals surface area contributed by atoms with Gasteiger partial charge < -0.3 is 14.4 Å². The number of rotatable bonds is 3. The van der Waals surface area contributed by atoms with E-state index < -0.39 is 29.3 Å². The lowest BCUT2D eigenvalue weighted by atomic mass is 9.68. The summed E-state index contributed by atoms with van der Waals surface area (Å²) in [4.78, 5) is 41.8. The fourth-order valence-electron chi connectivity index (χ4n) is 4.20. The first-order valence-electron chi connectivity index (χ1n) is 8.68. The Hall–Kier alpha value is -2.45. The topological polar surface area (TPSA) is 88.2 Å². The summed E-state index contributed by atoms with van der Waals surface area (Å²) < 4.78 is 10.6. The van der Waals surface area contributed by atoms with E-state index in [4.69, 9.17) is 9.47 Å². The molecule has 0 saturated carbocycles. The molecule has 4 rings (SSSR count). The highest BCUT2D eigenvalue weighted by Crippen LogP contribution is 2.45. The number of fused-ring (bicyclic) bond motifs is 4. The number of nitrogens with zero attached hydrogens (tertiary/aromatic N) is 2. The average molecular weight is 359 g/mol. The molecular formula is C18H21N3O5. The minimum atomic E-state index is -1.38. The van der Waals surface area contributed by atoms with Gasteiger partial charge in [0.1, 0.15) is 0 Å². The Balaban J connectivity index is 1.81. The van der Waals surface area contributed by atoms with E-state index in [9.17, 15) is 14.4 Å². The minimum Gasteiger partial charge on any atom is -0.383 e. The first kappa shape index (κ1) is 17.0. The molecule has 2 atom stereocenters. The number of para-hydroxylation sites is 1. The van der Waals surface area contributed by atoms with Gasteiger partial charge in [0.2, 0.25) is 11.8 Å². The van der Waals surface area contributed by atoms with Crippen molar-refractivity contribution >= 4 is 23.5 Å². The third-order valence-electron chi connectivity index (χ3n) is 5.48. The van der Waals surface area contributed by atoms with Crippen LogP contribution in [0.25, 0.3) is 0 Å². The van der Waals surface area contributed by atoms with Gasteiger partial charge in [-0.15, -0.1) is 0 Å². The van der Waals surface area contributed by atoms with Crippen molar-refractivity contribution in [3.05, 3.63) is 29.8 Å². The van der Waals surface area contributed by atoms with Crippen molar-refractivity contribution in [2.24, 2.45) is 5.41 Å². The number of imide groups is 2. The van der Waals surface area contributed by atoms with Gasteiger partial charge >= 0.3 is 6.03 Å². The number of amides is 4. The van der Waals surface area contributed by atoms with Crippen LogP contribution in [0.15, 0.2) is 24.3 Å². The van der Waals surface area contributed by atoms with Gasteiger partial charge in [0.05, 0.1) is 32.4 Å². The number of carbonyl (C=O) groups is 3. The van der Waals surface area contributed by atoms with Gasteiger partial charge in [-0.05, 0) is 18.1 Å². The van der Waals surface area contributed by atoms with Crippen LogP contribution in [-0.4, -0.2) is 68.8 Å². The van der Waals surface area contributed by atoms with Gasteiger partial charge in [0.25, 0.3) is 0 Å². The molecule has 1 spiro atoms. The average Bonchev–Trinajstić information content (AvgIpc) is 2.66. The number of ether oxygens (including phenoxy) is 2. The summed E-state index contributed by atoms with van der Waals surface area (Å²) in [5.41, 5.74) is 0.568. The van der Waals surface area contributed by atoms with E-state index in [1.165, 1.54) is 7.11 Å². The van der Waals surface area contributed by atoms with Crippen LogP contribution in [0.3, 0.4) is 0 Å². The first-order valence-corrected chi connectivity index (χ1v) is 8.68. The summed E-state index contributed by atoms with van der Waals surface area (Å²) in [5.74, 6) is -1.02. The molecule has 4 amide bonds. The standard InChI is InChI=1S/C18H21N3O5/c1-25-8-6-21-16(23)18(15(22)19-17(21)24)10-12-4-2-3-5-13(12)20-7-9-26-11-14(18)20/h2-5,14H,6-11H2,1H3,(H,19,22,24)/t14-,18-/m0/s1. The summed E-state index contributed by atoms with van der Waals surface area (Å²) in [5, 5.41) is 2.38. The van der Waals surface area contributed by atoms with Crippen LogP contribution >= 0.6 is 0 Å². The van der Waals surface area contributed by atoms with Crippen LogP contribution in [0.4, 0.5) is 10.5 Å². The Morgan fingerprint density at radius 1 is 1.31 bits per heavy atom. The summed E-state index contributed by atoms with van der Waals surface area (Å²) in [6, 6.07) is 6.63. The Morgan fingerprint density at radius 3 is 2.92 bits per heavy atom. The number of benzene rings is 1. The molecular weight excluding hydrogens is 338 g/mol. The molecule has 3 heterocycles. The maximum atomic E-state index is 13.4. The quantitative estimate of drug-likeness (QED) is 0.774. The zero-order chi connectivity index (χ0) is 18.3. The smallest absolute Gasteiger partial charge is 0.330 e. The lowest BCUT2D eigenvalue weighted by Gasteiger charge is -2.53. The van der Waals surface area contributed by atoms with Gasteiger partial charge in [0, 0.05) is 19.3 Å². The molecule has 1 aromatic carbocycles. The largest absolute Gasteiger partial charge is 0.383 e. The molecule has 26 heavy (non-hydrogen) atoms. The van der Waals surface area contributed by atoms with E-state index in [-0.39, 0.29) is 26.2 Å². The van der Waals surface area contributed by atoms with Crippen LogP contribution in [0.1, 0.15) is 5.56 Å². The fraction of sp³-hybridized carbons (Fsp3) is 0.500. The second kappa shape index (κ2) is 6.37. The number of morpholine rings is 1. The van der Waals surface area contributed by atoms with Gasteiger partial charge in [-0.25, -0.2) is 4.79 Å². The third-order valence-corrected chi connectivity index (χ3v) is 5.48. The van der Waals surface area contributed by atoms with Crippen LogP contribution in [0.5, 0.6) is 0 Å². The molecule has 138 valence electrons. The summed E-state index contributed by atoms with van der Waals surface area (Å²) in [7, 11) is 1.50. The maximum absolute atomic E-state index is 13.4. The van der Waals surface area contributed by atoms with Crippen LogP contribution in [0.2, 0.25) is 0 Å². The molecule has 0 unspecified atom stereocenters. The number of methoxy groups -OCH3 is 1. The second-order valence-electron chi connectivity index (χ2n) is 6.77.